The van der Waals surface area contributed by atoms with Crippen LogP contribution in [0.1, 0.15) is 18.9 Å². The van der Waals surface area contributed by atoms with Gasteiger partial charge in [0.05, 0.1) is 11.2 Å². The van der Waals surface area contributed by atoms with Crippen molar-refractivity contribution >= 4 is 10.9 Å². The first-order valence-electron chi connectivity index (χ1n) is 6.82. The van der Waals surface area contributed by atoms with E-state index in [1.54, 1.807) is 0 Å². The van der Waals surface area contributed by atoms with Crippen LogP contribution in [0.5, 0.6) is 0 Å². The Kier molecular flexibility index (Phi) is 3.28. The number of hydrogen-bond donors (Lipinski definition) is 0. The third kappa shape index (κ3) is 2.37. The van der Waals surface area contributed by atoms with Gasteiger partial charge in [-0.15, -0.1) is 0 Å². The van der Waals surface area contributed by atoms with Crippen molar-refractivity contribution in [2.75, 3.05) is 0 Å². The van der Waals surface area contributed by atoms with Gasteiger partial charge in [0.2, 0.25) is 0 Å². The number of rotatable bonds is 3. The van der Waals surface area contributed by atoms with Crippen molar-refractivity contribution in [3.8, 4) is 11.3 Å². The summed E-state index contributed by atoms with van der Waals surface area (Å²) in [5.74, 6) is 0. The van der Waals surface area contributed by atoms with Crippen LogP contribution in [0.4, 0.5) is 0 Å². The molecule has 1 nitrogen and oxygen atoms in total. The molecule has 0 aliphatic heterocycles. The average molecular weight is 247 g/mol. The molecular weight excluding hydrogens is 230 g/mol. The lowest BCUT2D eigenvalue weighted by Crippen LogP contribution is -1.92. The molecule has 0 saturated carbocycles. The molecule has 3 rings (SSSR count). The van der Waals surface area contributed by atoms with E-state index in [0.717, 1.165) is 24.1 Å². The fourth-order valence-electron chi connectivity index (χ4n) is 2.48. The number of aromatic nitrogens is 1. The van der Waals surface area contributed by atoms with E-state index in [0.29, 0.717) is 0 Å². The van der Waals surface area contributed by atoms with Crippen LogP contribution in [0.15, 0.2) is 60.7 Å². The molecule has 0 spiro atoms. The Bertz CT molecular complexity index is 686. The van der Waals surface area contributed by atoms with Gasteiger partial charge in [-0.05, 0) is 24.1 Å². The van der Waals surface area contributed by atoms with Crippen LogP contribution in [0.3, 0.4) is 0 Å². The predicted molar refractivity (Wildman–Crippen MR) is 81.2 cm³/mol. The lowest BCUT2D eigenvalue weighted by Gasteiger charge is -2.09. The molecule has 0 aliphatic rings. The highest BCUT2D eigenvalue weighted by molar-refractivity contribution is 5.85. The fraction of sp³-hybridized carbons (Fsp3) is 0.167. The van der Waals surface area contributed by atoms with E-state index in [-0.39, 0.29) is 0 Å². The van der Waals surface area contributed by atoms with E-state index in [1.807, 2.05) is 6.07 Å². The number of benzene rings is 2. The Morgan fingerprint density at radius 1 is 0.895 bits per heavy atom. The highest BCUT2D eigenvalue weighted by Crippen LogP contribution is 2.25. The number of pyridine rings is 1. The number of fused-ring (bicyclic) bond motifs is 1. The lowest BCUT2D eigenvalue weighted by molar-refractivity contribution is 0.928. The van der Waals surface area contributed by atoms with Crippen LogP contribution >= 0.6 is 0 Å². The van der Waals surface area contributed by atoms with E-state index in [4.69, 9.17) is 4.98 Å². The van der Waals surface area contributed by atoms with Crippen LogP contribution in [-0.2, 0) is 6.42 Å². The van der Waals surface area contributed by atoms with Crippen molar-refractivity contribution < 1.29 is 0 Å². The third-order valence-electron chi connectivity index (χ3n) is 3.39. The van der Waals surface area contributed by atoms with Gasteiger partial charge in [0.25, 0.3) is 0 Å². The Hall–Kier alpha value is -2.15. The SMILES string of the molecule is CCCc1cc(-c2ccccc2)nc2ccccc12. The molecule has 0 atom stereocenters. The molecule has 0 unspecified atom stereocenters. The molecular formula is C18H17N. The molecule has 0 radical (unpaired) electrons. The molecule has 1 heterocycles. The van der Waals surface area contributed by atoms with Crippen molar-refractivity contribution in [1.82, 2.24) is 4.98 Å². The summed E-state index contributed by atoms with van der Waals surface area (Å²) in [7, 11) is 0. The molecule has 0 fully saturated rings. The van der Waals surface area contributed by atoms with Gasteiger partial charge < -0.3 is 0 Å². The Labute approximate surface area is 113 Å². The van der Waals surface area contributed by atoms with Crippen LogP contribution in [-0.4, -0.2) is 4.98 Å². The molecule has 0 amide bonds. The summed E-state index contributed by atoms with van der Waals surface area (Å²) >= 11 is 0. The largest absolute Gasteiger partial charge is 0.248 e. The van der Waals surface area contributed by atoms with Gasteiger partial charge in [-0.1, -0.05) is 61.9 Å². The molecule has 19 heavy (non-hydrogen) atoms. The van der Waals surface area contributed by atoms with Crippen molar-refractivity contribution in [2.45, 2.75) is 19.8 Å². The minimum absolute atomic E-state index is 1.07. The van der Waals surface area contributed by atoms with Gasteiger partial charge in [-0.3, -0.25) is 0 Å². The summed E-state index contributed by atoms with van der Waals surface area (Å²) in [6, 6.07) is 21.0. The summed E-state index contributed by atoms with van der Waals surface area (Å²) in [4.78, 5) is 4.79. The van der Waals surface area contributed by atoms with Crippen molar-refractivity contribution in [2.24, 2.45) is 0 Å². The van der Waals surface area contributed by atoms with E-state index in [2.05, 4.69) is 61.5 Å². The Morgan fingerprint density at radius 2 is 1.63 bits per heavy atom. The van der Waals surface area contributed by atoms with Crippen LogP contribution < -0.4 is 0 Å². The quantitative estimate of drug-likeness (QED) is 0.644. The van der Waals surface area contributed by atoms with Gasteiger partial charge in [0.1, 0.15) is 0 Å². The first-order valence-corrected chi connectivity index (χ1v) is 6.82. The highest BCUT2D eigenvalue weighted by atomic mass is 14.7. The van der Waals surface area contributed by atoms with Crippen molar-refractivity contribution in [3.63, 3.8) is 0 Å². The number of para-hydroxylation sites is 1. The molecule has 2 aromatic carbocycles. The maximum Gasteiger partial charge on any atom is 0.0712 e. The second-order valence-electron chi connectivity index (χ2n) is 4.80. The van der Waals surface area contributed by atoms with E-state index in [1.165, 1.54) is 16.5 Å². The monoisotopic (exact) mass is 247 g/mol. The summed E-state index contributed by atoms with van der Waals surface area (Å²) in [6.07, 6.45) is 2.26. The normalized spacial score (nSPS) is 10.8. The Morgan fingerprint density at radius 3 is 2.42 bits per heavy atom. The van der Waals surface area contributed by atoms with E-state index >= 15 is 0 Å². The van der Waals surface area contributed by atoms with Gasteiger partial charge in [-0.25, -0.2) is 4.98 Å². The second-order valence-corrected chi connectivity index (χ2v) is 4.80. The minimum Gasteiger partial charge on any atom is -0.248 e. The molecule has 1 aromatic heterocycles. The molecule has 0 aliphatic carbocycles. The summed E-state index contributed by atoms with van der Waals surface area (Å²) in [6.45, 7) is 2.22. The third-order valence-corrected chi connectivity index (χ3v) is 3.39. The Balaban J connectivity index is 2.22. The average Bonchev–Trinajstić information content (AvgIpc) is 2.48. The summed E-state index contributed by atoms with van der Waals surface area (Å²) in [5.41, 5.74) is 4.74. The number of hydrogen-bond acceptors (Lipinski definition) is 1. The molecule has 0 saturated heterocycles. The standard InChI is InChI=1S/C18H17N/c1-2-8-15-13-18(14-9-4-3-5-10-14)19-17-12-7-6-11-16(15)17/h3-7,9-13H,2,8H2,1H3. The smallest absolute Gasteiger partial charge is 0.0712 e. The van der Waals surface area contributed by atoms with Gasteiger partial charge >= 0.3 is 0 Å². The zero-order valence-corrected chi connectivity index (χ0v) is 11.1. The number of nitrogens with zero attached hydrogens (tertiary/aromatic N) is 1. The first kappa shape index (κ1) is 11.9. The van der Waals surface area contributed by atoms with Crippen molar-refractivity contribution in [3.05, 3.63) is 66.2 Å². The maximum absolute atomic E-state index is 4.79. The first-order chi connectivity index (χ1) is 9.38. The van der Waals surface area contributed by atoms with Crippen molar-refractivity contribution in [1.29, 1.82) is 0 Å². The molecule has 3 aromatic rings. The maximum atomic E-state index is 4.79. The topological polar surface area (TPSA) is 12.9 Å². The minimum atomic E-state index is 1.07. The zero-order chi connectivity index (χ0) is 13.1. The predicted octanol–water partition coefficient (Wildman–Crippen LogP) is 4.85. The summed E-state index contributed by atoms with van der Waals surface area (Å²) < 4.78 is 0. The van der Waals surface area contributed by atoms with E-state index < -0.39 is 0 Å². The highest BCUT2D eigenvalue weighted by Gasteiger charge is 2.06. The van der Waals surface area contributed by atoms with Crippen LogP contribution in [0.25, 0.3) is 22.2 Å². The van der Waals surface area contributed by atoms with Crippen LogP contribution in [0, 0.1) is 0 Å². The van der Waals surface area contributed by atoms with Gasteiger partial charge in [0, 0.05) is 10.9 Å². The van der Waals surface area contributed by atoms with Crippen LogP contribution in [0.2, 0.25) is 0 Å². The fourth-order valence-corrected chi connectivity index (χ4v) is 2.48. The molecule has 94 valence electrons. The summed E-state index contributed by atoms with van der Waals surface area (Å²) in [5, 5.41) is 1.28. The van der Waals surface area contributed by atoms with E-state index in [9.17, 15) is 0 Å². The lowest BCUT2D eigenvalue weighted by atomic mass is 10.0. The zero-order valence-electron chi connectivity index (χ0n) is 11.1. The second kappa shape index (κ2) is 5.23. The van der Waals surface area contributed by atoms with Gasteiger partial charge in [-0.2, -0.15) is 0 Å². The molecule has 1 heteroatoms. The molecule has 0 N–H and O–H groups in total. The number of aryl methyl sites for hydroxylation is 1. The van der Waals surface area contributed by atoms with Gasteiger partial charge in [0.15, 0.2) is 0 Å². The molecule has 0 bridgehead atoms.